The molecule has 1 aliphatic carbocycles. The van der Waals surface area contributed by atoms with Crippen molar-refractivity contribution >= 4 is 24.2 Å². The SMILES string of the molecule is CC[C@@H]1C[C@H](N(Cc2cc(C(F)(F)F)cc(C(F)(F)F)c2)c2ncc(C3C=NN(C)C3)cn2)C[C@H](CC)N1C(=O)OC[C@H]1CC[C@H](C(=O)OC)CC1. The summed E-state index contributed by atoms with van der Waals surface area (Å²) in [4.78, 5) is 38.1. The lowest BCUT2D eigenvalue weighted by molar-refractivity contribution is -0.147. The number of benzene rings is 1. The first kappa shape index (κ1) is 39.1. The lowest BCUT2D eigenvalue weighted by Gasteiger charge is -2.47. The van der Waals surface area contributed by atoms with Crippen LogP contribution in [-0.4, -0.2) is 83.6 Å². The summed E-state index contributed by atoms with van der Waals surface area (Å²) >= 11 is 0. The number of hydrogen-bond donors (Lipinski definition) is 0. The van der Waals surface area contributed by atoms with Crippen LogP contribution in [0, 0.1) is 11.8 Å². The number of carbonyl (C=O) groups excluding carboxylic acids is 2. The fourth-order valence-electron chi connectivity index (χ4n) is 7.63. The first-order chi connectivity index (χ1) is 24.6. The molecule has 1 unspecified atom stereocenters. The number of aromatic nitrogens is 2. The number of rotatable bonds is 10. The van der Waals surface area contributed by atoms with Gasteiger partial charge in [0.1, 0.15) is 0 Å². The van der Waals surface area contributed by atoms with Gasteiger partial charge >= 0.3 is 24.4 Å². The molecule has 1 aromatic carbocycles. The smallest absolute Gasteiger partial charge is 0.416 e. The van der Waals surface area contributed by atoms with Crippen molar-refractivity contribution in [2.45, 2.75) is 108 Å². The maximum absolute atomic E-state index is 13.8. The highest BCUT2D eigenvalue weighted by Gasteiger charge is 2.42. The van der Waals surface area contributed by atoms with Crippen molar-refractivity contribution in [3.05, 3.63) is 52.8 Å². The Bertz CT molecular complexity index is 1520. The van der Waals surface area contributed by atoms with Gasteiger partial charge in [-0.1, -0.05) is 13.8 Å². The maximum atomic E-state index is 13.8. The zero-order valence-electron chi connectivity index (χ0n) is 29.8. The number of nitrogens with zero attached hydrogens (tertiary/aromatic N) is 6. The van der Waals surface area contributed by atoms with E-state index >= 15 is 0 Å². The zero-order chi connectivity index (χ0) is 37.8. The highest BCUT2D eigenvalue weighted by molar-refractivity contribution is 5.72. The number of ether oxygens (including phenoxy) is 2. The minimum atomic E-state index is -5.00. The molecular formula is C36H46F6N6O4. The van der Waals surface area contributed by atoms with Gasteiger partial charge < -0.3 is 19.3 Å². The molecule has 1 saturated carbocycles. The van der Waals surface area contributed by atoms with Gasteiger partial charge in [0.25, 0.3) is 0 Å². The average molecular weight is 741 g/mol. The van der Waals surface area contributed by atoms with E-state index in [0.29, 0.717) is 45.1 Å². The van der Waals surface area contributed by atoms with Gasteiger partial charge in [-0.05, 0) is 86.6 Å². The van der Waals surface area contributed by atoms with E-state index in [0.717, 1.165) is 30.5 Å². The number of likely N-dealkylation sites (N-methyl/N-ethyl adjacent to an activating group) is 1. The quantitative estimate of drug-likeness (QED) is 0.181. The molecule has 52 heavy (non-hydrogen) atoms. The van der Waals surface area contributed by atoms with Crippen molar-refractivity contribution in [1.82, 2.24) is 19.9 Å². The minimum Gasteiger partial charge on any atom is -0.469 e. The summed E-state index contributed by atoms with van der Waals surface area (Å²) in [6, 6.07) is 0.508. The molecule has 2 fully saturated rings. The van der Waals surface area contributed by atoms with Crippen LogP contribution in [0.25, 0.3) is 0 Å². The van der Waals surface area contributed by atoms with Crippen LogP contribution in [-0.2, 0) is 33.2 Å². The molecule has 1 saturated heterocycles. The Labute approximate surface area is 299 Å². The summed E-state index contributed by atoms with van der Waals surface area (Å²) in [5.41, 5.74) is -2.21. The molecule has 4 atom stereocenters. The van der Waals surface area contributed by atoms with Crippen molar-refractivity contribution in [1.29, 1.82) is 0 Å². The lowest BCUT2D eigenvalue weighted by Crippen LogP contribution is -2.57. The third-order valence-corrected chi connectivity index (χ3v) is 10.5. The van der Waals surface area contributed by atoms with E-state index in [9.17, 15) is 35.9 Å². The van der Waals surface area contributed by atoms with Gasteiger partial charge in [0, 0.05) is 62.8 Å². The third-order valence-electron chi connectivity index (χ3n) is 10.5. The maximum Gasteiger partial charge on any atom is 0.416 e. The number of alkyl halides is 6. The number of halogens is 6. The Kier molecular flexibility index (Phi) is 12.2. The van der Waals surface area contributed by atoms with Crippen LogP contribution in [0.2, 0.25) is 0 Å². The van der Waals surface area contributed by atoms with Crippen LogP contribution in [0.4, 0.5) is 37.1 Å². The molecular weight excluding hydrogens is 694 g/mol. The Hall–Kier alpha value is -4.11. The molecule has 2 aliphatic heterocycles. The summed E-state index contributed by atoms with van der Waals surface area (Å²) in [5.74, 6) is -0.177. The van der Waals surface area contributed by atoms with Crippen molar-refractivity contribution < 1.29 is 45.4 Å². The number of likely N-dealkylation sites (tertiary alicyclic amines) is 1. The van der Waals surface area contributed by atoms with Crippen molar-refractivity contribution in [3.8, 4) is 0 Å². The van der Waals surface area contributed by atoms with E-state index < -0.39 is 35.6 Å². The summed E-state index contributed by atoms with van der Waals surface area (Å²) in [7, 11) is 3.20. The minimum absolute atomic E-state index is 0.0728. The number of amides is 1. The predicted molar refractivity (Wildman–Crippen MR) is 180 cm³/mol. The molecule has 1 amide bonds. The van der Waals surface area contributed by atoms with Crippen molar-refractivity contribution in [2.24, 2.45) is 16.9 Å². The topological polar surface area (TPSA) is 100 Å². The van der Waals surface area contributed by atoms with Crippen molar-refractivity contribution in [3.63, 3.8) is 0 Å². The monoisotopic (exact) mass is 740 g/mol. The number of carbonyl (C=O) groups is 2. The number of methoxy groups -OCH3 is 1. The summed E-state index contributed by atoms with van der Waals surface area (Å²) < 4.78 is 93.8. The van der Waals surface area contributed by atoms with Gasteiger partial charge in [-0.2, -0.15) is 31.4 Å². The third kappa shape index (κ3) is 9.27. The summed E-state index contributed by atoms with van der Waals surface area (Å²) in [6.45, 7) is 4.34. The van der Waals surface area contributed by atoms with Crippen LogP contribution in [0.1, 0.15) is 93.4 Å². The zero-order valence-corrected chi connectivity index (χ0v) is 29.8. The number of hydrogen-bond acceptors (Lipinski definition) is 9. The lowest BCUT2D eigenvalue weighted by atomic mass is 9.82. The van der Waals surface area contributed by atoms with Crippen molar-refractivity contribution in [2.75, 3.05) is 32.2 Å². The molecule has 5 rings (SSSR count). The van der Waals surface area contributed by atoms with Crippen LogP contribution in [0.5, 0.6) is 0 Å². The molecule has 286 valence electrons. The van der Waals surface area contributed by atoms with Crippen LogP contribution >= 0.6 is 0 Å². The number of hydrazone groups is 1. The van der Waals surface area contributed by atoms with E-state index in [1.807, 2.05) is 20.9 Å². The van der Waals surface area contributed by atoms with E-state index in [-0.39, 0.29) is 66.5 Å². The Balaban J connectivity index is 1.40. The van der Waals surface area contributed by atoms with Gasteiger partial charge in [0.2, 0.25) is 5.95 Å². The largest absolute Gasteiger partial charge is 0.469 e. The van der Waals surface area contributed by atoms with Gasteiger partial charge in [-0.15, -0.1) is 0 Å². The fourth-order valence-corrected chi connectivity index (χ4v) is 7.63. The van der Waals surface area contributed by atoms with E-state index in [2.05, 4.69) is 15.1 Å². The van der Waals surface area contributed by atoms with Gasteiger partial charge in [0.05, 0.1) is 30.8 Å². The molecule has 10 nitrogen and oxygen atoms in total. The second kappa shape index (κ2) is 16.3. The average Bonchev–Trinajstić information content (AvgIpc) is 3.57. The molecule has 0 bridgehead atoms. The number of esters is 1. The van der Waals surface area contributed by atoms with Crippen LogP contribution < -0.4 is 4.90 Å². The van der Waals surface area contributed by atoms with Gasteiger partial charge in [0.15, 0.2) is 0 Å². The molecule has 16 heteroatoms. The van der Waals surface area contributed by atoms with E-state index in [1.165, 1.54) is 7.11 Å². The first-order valence-electron chi connectivity index (χ1n) is 17.8. The normalized spacial score (nSPS) is 25.3. The molecule has 0 N–H and O–H groups in total. The second-order valence-corrected chi connectivity index (χ2v) is 14.0. The molecule has 3 heterocycles. The Morgan fingerprint density at radius 2 is 1.48 bits per heavy atom. The molecule has 1 aromatic heterocycles. The molecule has 0 radical (unpaired) electrons. The Morgan fingerprint density at radius 3 is 1.96 bits per heavy atom. The Morgan fingerprint density at radius 1 is 0.904 bits per heavy atom. The molecule has 2 aromatic rings. The van der Waals surface area contributed by atoms with Crippen LogP contribution in [0.15, 0.2) is 35.7 Å². The first-order valence-corrected chi connectivity index (χ1v) is 17.8. The summed E-state index contributed by atoms with van der Waals surface area (Å²) in [6.07, 6.45) is -0.892. The van der Waals surface area contributed by atoms with Gasteiger partial charge in [-0.25, -0.2) is 14.8 Å². The van der Waals surface area contributed by atoms with Crippen LogP contribution in [0.3, 0.4) is 0 Å². The number of anilines is 1. The number of piperidine rings is 1. The highest BCUT2D eigenvalue weighted by atomic mass is 19.4. The predicted octanol–water partition coefficient (Wildman–Crippen LogP) is 7.67. The van der Waals surface area contributed by atoms with E-state index in [4.69, 9.17) is 9.47 Å². The van der Waals surface area contributed by atoms with E-state index in [1.54, 1.807) is 33.4 Å². The molecule has 0 spiro atoms. The summed E-state index contributed by atoms with van der Waals surface area (Å²) in [5, 5.41) is 6.01. The molecule has 3 aliphatic rings. The second-order valence-electron chi connectivity index (χ2n) is 14.0. The van der Waals surface area contributed by atoms with Gasteiger partial charge in [-0.3, -0.25) is 9.80 Å². The standard InChI is InChI=1S/C36H46F6N6O4/c1-5-29-14-31(15-30(6-2)48(29)34(50)52-21-22-7-9-24(10-8-22)32(49)51-4)47(33-43-16-25(17-44-33)26-18-45-46(3)20-26)19-23-11-27(35(37,38)39)13-28(12-23)36(40,41)42/h11-13,16-18,22,24,26,29-31H,5-10,14-15,19-21H2,1-4H3/t22-,24-,26?,29-,30+,31+. The highest BCUT2D eigenvalue weighted by Crippen LogP contribution is 2.39. The fraction of sp³-hybridized carbons (Fsp3) is 0.639.